The first-order chi connectivity index (χ1) is 3.81. The Morgan fingerprint density at radius 3 is 1.56 bits per heavy atom. The number of nitrogens with one attached hydrogen (secondary N) is 1. The van der Waals surface area contributed by atoms with E-state index in [2.05, 4.69) is 55.7 Å². The maximum atomic E-state index is 5.34. The van der Waals surface area contributed by atoms with Crippen LogP contribution in [0.15, 0.2) is 0 Å². The summed E-state index contributed by atoms with van der Waals surface area (Å²) in [7, 11) is 0. The predicted octanol–water partition coefficient (Wildman–Crippen LogP) is 1.44. The minimum absolute atomic E-state index is 0.00639. The lowest BCUT2D eigenvalue weighted by Crippen LogP contribution is -2.55. The summed E-state index contributed by atoms with van der Waals surface area (Å²) < 4.78 is 0.180. The van der Waals surface area contributed by atoms with Crippen LogP contribution < -0.4 is 11.3 Å². The maximum absolute atomic E-state index is 5.34. The highest BCUT2D eigenvalue weighted by atomic mass is 127. The van der Waals surface area contributed by atoms with E-state index in [4.69, 9.17) is 5.84 Å². The van der Waals surface area contributed by atoms with Gasteiger partial charge in [0.05, 0.1) is 0 Å². The molecular formula is C6H15IN2. The Hall–Kier alpha value is 0.650. The zero-order chi connectivity index (χ0) is 7.71. The number of rotatable bonds is 2. The van der Waals surface area contributed by atoms with E-state index in [0.717, 1.165) is 0 Å². The third-order valence-corrected chi connectivity index (χ3v) is 3.20. The average Bonchev–Trinajstić information content (AvgIpc) is 1.64. The molecule has 0 aliphatic heterocycles. The van der Waals surface area contributed by atoms with Gasteiger partial charge >= 0.3 is 0 Å². The van der Waals surface area contributed by atoms with Crippen molar-refractivity contribution in [1.82, 2.24) is 5.43 Å². The molecule has 0 saturated carbocycles. The van der Waals surface area contributed by atoms with Crippen LogP contribution >= 0.6 is 22.6 Å². The van der Waals surface area contributed by atoms with Crippen LogP contribution in [0.5, 0.6) is 0 Å². The largest absolute Gasteiger partial charge is 0.271 e. The number of hydrogen-bond acceptors (Lipinski definition) is 2. The fourth-order valence-corrected chi connectivity index (χ4v) is 0.327. The van der Waals surface area contributed by atoms with Crippen molar-refractivity contribution in [1.29, 1.82) is 0 Å². The number of hydrazine groups is 1. The summed E-state index contributed by atoms with van der Waals surface area (Å²) in [5.41, 5.74) is 2.77. The molecule has 0 aromatic heterocycles. The molecule has 0 aromatic carbocycles. The highest BCUT2D eigenvalue weighted by Crippen LogP contribution is 2.29. The number of alkyl halides is 1. The molecule has 3 N–H and O–H groups in total. The Bertz CT molecular complexity index is 93.7. The fourth-order valence-electron chi connectivity index (χ4n) is 0.172. The molecule has 0 rings (SSSR count). The molecule has 0 fully saturated rings. The van der Waals surface area contributed by atoms with Crippen LogP contribution in [-0.2, 0) is 0 Å². The zero-order valence-electron chi connectivity index (χ0n) is 6.46. The number of nitrogens with two attached hydrogens (primary N) is 1. The SMILES string of the molecule is CC(C)(I)C(C)(C)NN. The van der Waals surface area contributed by atoms with Crippen LogP contribution in [0.25, 0.3) is 0 Å². The molecule has 0 radical (unpaired) electrons. The number of halogens is 1. The van der Waals surface area contributed by atoms with Crippen molar-refractivity contribution in [3.63, 3.8) is 0 Å². The zero-order valence-corrected chi connectivity index (χ0v) is 8.61. The van der Waals surface area contributed by atoms with Crippen LogP contribution in [-0.4, -0.2) is 8.96 Å². The second-order valence-corrected chi connectivity index (χ2v) is 5.94. The molecule has 0 saturated heterocycles. The molecule has 56 valence electrons. The van der Waals surface area contributed by atoms with E-state index in [1.54, 1.807) is 0 Å². The van der Waals surface area contributed by atoms with Gasteiger partial charge in [-0.05, 0) is 27.7 Å². The van der Waals surface area contributed by atoms with Crippen LogP contribution in [0.3, 0.4) is 0 Å². The van der Waals surface area contributed by atoms with Crippen molar-refractivity contribution in [3.05, 3.63) is 0 Å². The lowest BCUT2D eigenvalue weighted by molar-refractivity contribution is 0.337. The fraction of sp³-hybridized carbons (Fsp3) is 1.00. The lowest BCUT2D eigenvalue weighted by atomic mass is 9.92. The molecule has 9 heavy (non-hydrogen) atoms. The molecule has 0 spiro atoms. The Balaban J connectivity index is 4.14. The van der Waals surface area contributed by atoms with Crippen molar-refractivity contribution >= 4 is 22.6 Å². The van der Waals surface area contributed by atoms with Crippen LogP contribution in [0.2, 0.25) is 0 Å². The van der Waals surface area contributed by atoms with Gasteiger partial charge in [-0.25, -0.2) is 0 Å². The summed E-state index contributed by atoms with van der Waals surface area (Å²) in [5.74, 6) is 5.34. The molecule has 0 aliphatic carbocycles. The predicted molar refractivity (Wildman–Crippen MR) is 49.5 cm³/mol. The van der Waals surface area contributed by atoms with Gasteiger partial charge in [0.15, 0.2) is 0 Å². The molecule has 2 nitrogen and oxygen atoms in total. The standard InChI is InChI=1S/C6H15IN2/c1-5(2,7)6(3,4)9-8/h9H,8H2,1-4H3. The van der Waals surface area contributed by atoms with Gasteiger partial charge in [-0.1, -0.05) is 22.6 Å². The molecule has 0 amide bonds. The Kier molecular flexibility index (Phi) is 2.91. The summed E-state index contributed by atoms with van der Waals surface area (Å²) in [6.07, 6.45) is 0. The smallest absolute Gasteiger partial charge is 0.0405 e. The summed E-state index contributed by atoms with van der Waals surface area (Å²) in [4.78, 5) is 0. The first-order valence-corrected chi connectivity index (χ1v) is 4.06. The summed E-state index contributed by atoms with van der Waals surface area (Å²) in [6.45, 7) is 8.46. The van der Waals surface area contributed by atoms with Crippen molar-refractivity contribution < 1.29 is 0 Å². The minimum atomic E-state index is -0.00639. The molecule has 3 heteroatoms. The van der Waals surface area contributed by atoms with Gasteiger partial charge < -0.3 is 0 Å². The average molecular weight is 242 g/mol. The van der Waals surface area contributed by atoms with E-state index >= 15 is 0 Å². The molecule has 0 aromatic rings. The third-order valence-electron chi connectivity index (χ3n) is 1.85. The monoisotopic (exact) mass is 242 g/mol. The first kappa shape index (κ1) is 9.65. The number of hydrogen-bond donors (Lipinski definition) is 2. The summed E-state index contributed by atoms with van der Waals surface area (Å²) >= 11 is 2.38. The van der Waals surface area contributed by atoms with Gasteiger partial charge in [0.1, 0.15) is 0 Å². The van der Waals surface area contributed by atoms with E-state index in [0.29, 0.717) is 0 Å². The lowest BCUT2D eigenvalue weighted by Gasteiger charge is -2.36. The van der Waals surface area contributed by atoms with E-state index in [1.807, 2.05) is 0 Å². The van der Waals surface area contributed by atoms with Gasteiger partial charge in [-0.2, -0.15) is 0 Å². The highest BCUT2D eigenvalue weighted by molar-refractivity contribution is 14.1. The van der Waals surface area contributed by atoms with E-state index in [1.165, 1.54) is 0 Å². The Morgan fingerprint density at radius 2 is 1.56 bits per heavy atom. The van der Waals surface area contributed by atoms with Crippen molar-refractivity contribution in [2.45, 2.75) is 36.7 Å². The second kappa shape index (κ2) is 2.72. The normalized spacial score (nSPS) is 14.0. The van der Waals surface area contributed by atoms with Gasteiger partial charge in [0.25, 0.3) is 0 Å². The van der Waals surface area contributed by atoms with Crippen LogP contribution in [0, 0.1) is 0 Å². The molecular weight excluding hydrogens is 227 g/mol. The molecule has 0 atom stereocenters. The van der Waals surface area contributed by atoms with Crippen molar-refractivity contribution in [2.24, 2.45) is 5.84 Å². The summed E-state index contributed by atoms with van der Waals surface area (Å²) in [5, 5.41) is 0. The van der Waals surface area contributed by atoms with Gasteiger partial charge in [-0.15, -0.1) is 0 Å². The minimum Gasteiger partial charge on any atom is -0.271 e. The van der Waals surface area contributed by atoms with Crippen LogP contribution in [0.4, 0.5) is 0 Å². The molecule has 0 aliphatic rings. The molecule has 0 unspecified atom stereocenters. The molecule has 0 bridgehead atoms. The highest BCUT2D eigenvalue weighted by Gasteiger charge is 2.32. The summed E-state index contributed by atoms with van der Waals surface area (Å²) in [6, 6.07) is 0. The molecule has 0 heterocycles. The van der Waals surface area contributed by atoms with Gasteiger partial charge in [0, 0.05) is 8.96 Å². The van der Waals surface area contributed by atoms with Crippen molar-refractivity contribution in [2.75, 3.05) is 0 Å². The van der Waals surface area contributed by atoms with Crippen LogP contribution in [0.1, 0.15) is 27.7 Å². The van der Waals surface area contributed by atoms with Crippen molar-refractivity contribution in [3.8, 4) is 0 Å². The van der Waals surface area contributed by atoms with E-state index in [9.17, 15) is 0 Å². The van der Waals surface area contributed by atoms with E-state index < -0.39 is 0 Å². The maximum Gasteiger partial charge on any atom is 0.0405 e. The van der Waals surface area contributed by atoms with Gasteiger partial charge in [-0.3, -0.25) is 11.3 Å². The van der Waals surface area contributed by atoms with E-state index in [-0.39, 0.29) is 8.96 Å². The quantitative estimate of drug-likeness (QED) is 0.333. The third kappa shape index (κ3) is 2.39. The topological polar surface area (TPSA) is 38.0 Å². The Morgan fingerprint density at radius 1 is 1.22 bits per heavy atom. The second-order valence-electron chi connectivity index (χ2n) is 3.24. The first-order valence-electron chi connectivity index (χ1n) is 2.98. The Labute approximate surface area is 70.7 Å². The van der Waals surface area contributed by atoms with Gasteiger partial charge in [0.2, 0.25) is 0 Å².